The number of carbonyl (C=O) groups is 1. The summed E-state index contributed by atoms with van der Waals surface area (Å²) < 4.78 is 4.74. The summed E-state index contributed by atoms with van der Waals surface area (Å²) in [6.45, 7) is 2.63. The van der Waals surface area contributed by atoms with Crippen molar-refractivity contribution in [2.75, 3.05) is 18.6 Å². The van der Waals surface area contributed by atoms with Crippen molar-refractivity contribution >= 4 is 17.4 Å². The zero-order valence-corrected chi connectivity index (χ0v) is 8.86. The topological polar surface area (TPSA) is 29.5 Å². The van der Waals surface area contributed by atoms with Crippen LogP contribution in [0.2, 0.25) is 0 Å². The Balaban J connectivity index is 2.46. The standard InChI is InChI=1S/C12H13NO2/c1-9-7-8-13(12(14)15-2)11-6-4-3-5-10(9)11/h3-7H,8H2,1-2H3. The van der Waals surface area contributed by atoms with Crippen LogP contribution in [0.3, 0.4) is 0 Å². The predicted molar refractivity (Wildman–Crippen MR) is 59.8 cm³/mol. The first-order valence-corrected chi connectivity index (χ1v) is 4.85. The van der Waals surface area contributed by atoms with Gasteiger partial charge in [0, 0.05) is 12.1 Å². The van der Waals surface area contributed by atoms with Crippen LogP contribution in [0.4, 0.5) is 10.5 Å². The minimum atomic E-state index is -0.314. The molecule has 0 aliphatic carbocycles. The van der Waals surface area contributed by atoms with E-state index in [0.29, 0.717) is 6.54 Å². The number of ether oxygens (including phenoxy) is 1. The number of amides is 1. The Morgan fingerprint density at radius 3 is 2.87 bits per heavy atom. The van der Waals surface area contributed by atoms with Crippen molar-refractivity contribution in [1.82, 2.24) is 0 Å². The molecule has 1 aromatic carbocycles. The molecule has 0 aromatic heterocycles. The second kappa shape index (κ2) is 3.77. The molecule has 1 aromatic rings. The quantitative estimate of drug-likeness (QED) is 0.648. The average molecular weight is 203 g/mol. The fourth-order valence-electron chi connectivity index (χ4n) is 1.76. The smallest absolute Gasteiger partial charge is 0.414 e. The lowest BCUT2D eigenvalue weighted by molar-refractivity contribution is 0.179. The number of allylic oxidation sites excluding steroid dienone is 1. The van der Waals surface area contributed by atoms with Crippen LogP contribution in [0, 0.1) is 0 Å². The van der Waals surface area contributed by atoms with Crippen LogP contribution in [0.25, 0.3) is 5.57 Å². The molecule has 0 spiro atoms. The Bertz CT molecular complexity index is 423. The Hall–Kier alpha value is -1.77. The van der Waals surface area contributed by atoms with Crippen LogP contribution >= 0.6 is 0 Å². The highest BCUT2D eigenvalue weighted by Crippen LogP contribution is 2.30. The predicted octanol–water partition coefficient (Wildman–Crippen LogP) is 2.68. The highest BCUT2D eigenvalue weighted by molar-refractivity contribution is 5.94. The number of methoxy groups -OCH3 is 1. The lowest BCUT2D eigenvalue weighted by Gasteiger charge is -2.26. The molecular formula is C12H13NO2. The first-order chi connectivity index (χ1) is 7.24. The van der Waals surface area contributed by atoms with E-state index in [0.717, 1.165) is 11.3 Å². The number of hydrogen-bond donors (Lipinski definition) is 0. The van der Waals surface area contributed by atoms with E-state index in [1.54, 1.807) is 4.90 Å². The summed E-state index contributed by atoms with van der Waals surface area (Å²) in [5.41, 5.74) is 3.21. The fourth-order valence-corrected chi connectivity index (χ4v) is 1.76. The van der Waals surface area contributed by atoms with Gasteiger partial charge in [0.1, 0.15) is 0 Å². The highest BCUT2D eigenvalue weighted by Gasteiger charge is 2.21. The molecule has 0 bridgehead atoms. The van der Waals surface area contributed by atoms with E-state index in [1.165, 1.54) is 12.7 Å². The summed E-state index contributed by atoms with van der Waals surface area (Å²) in [4.78, 5) is 13.1. The largest absolute Gasteiger partial charge is 0.452 e. The normalized spacial score (nSPS) is 14.3. The number of fused-ring (bicyclic) bond motifs is 1. The third-order valence-electron chi connectivity index (χ3n) is 2.59. The van der Waals surface area contributed by atoms with E-state index in [9.17, 15) is 4.79 Å². The van der Waals surface area contributed by atoms with E-state index >= 15 is 0 Å². The van der Waals surface area contributed by atoms with Gasteiger partial charge in [-0.25, -0.2) is 4.79 Å². The Kier molecular flexibility index (Phi) is 2.46. The van der Waals surface area contributed by atoms with Gasteiger partial charge in [-0.2, -0.15) is 0 Å². The highest BCUT2D eigenvalue weighted by atomic mass is 16.5. The second-order valence-corrected chi connectivity index (χ2v) is 3.48. The molecule has 3 nitrogen and oxygen atoms in total. The molecule has 1 aliphatic heterocycles. The molecule has 1 aliphatic rings. The fraction of sp³-hybridized carbons (Fsp3) is 0.250. The van der Waals surface area contributed by atoms with Crippen LogP contribution in [-0.2, 0) is 4.74 Å². The van der Waals surface area contributed by atoms with Crippen molar-refractivity contribution in [3.63, 3.8) is 0 Å². The van der Waals surface area contributed by atoms with Crippen molar-refractivity contribution in [1.29, 1.82) is 0 Å². The number of carbonyl (C=O) groups excluding carboxylic acids is 1. The molecule has 0 atom stereocenters. The van der Waals surface area contributed by atoms with E-state index in [-0.39, 0.29) is 6.09 Å². The Morgan fingerprint density at radius 1 is 1.40 bits per heavy atom. The van der Waals surface area contributed by atoms with Crippen molar-refractivity contribution in [2.24, 2.45) is 0 Å². The third-order valence-corrected chi connectivity index (χ3v) is 2.59. The molecule has 1 heterocycles. The van der Waals surface area contributed by atoms with Crippen LogP contribution in [-0.4, -0.2) is 19.7 Å². The molecule has 15 heavy (non-hydrogen) atoms. The number of benzene rings is 1. The van der Waals surface area contributed by atoms with Gasteiger partial charge in [-0.1, -0.05) is 24.3 Å². The van der Waals surface area contributed by atoms with Gasteiger partial charge < -0.3 is 4.74 Å². The molecule has 1 amide bonds. The molecule has 0 radical (unpaired) electrons. The van der Waals surface area contributed by atoms with E-state index in [2.05, 4.69) is 0 Å². The van der Waals surface area contributed by atoms with E-state index in [4.69, 9.17) is 4.74 Å². The van der Waals surface area contributed by atoms with Crippen molar-refractivity contribution in [2.45, 2.75) is 6.92 Å². The Morgan fingerprint density at radius 2 is 2.13 bits per heavy atom. The zero-order valence-electron chi connectivity index (χ0n) is 8.86. The van der Waals surface area contributed by atoms with Crippen LogP contribution < -0.4 is 4.90 Å². The summed E-state index contributed by atoms with van der Waals surface area (Å²) in [5.74, 6) is 0. The van der Waals surface area contributed by atoms with Gasteiger partial charge in [0.2, 0.25) is 0 Å². The van der Waals surface area contributed by atoms with Gasteiger partial charge in [-0.15, -0.1) is 0 Å². The van der Waals surface area contributed by atoms with Crippen LogP contribution in [0.15, 0.2) is 30.3 Å². The van der Waals surface area contributed by atoms with Gasteiger partial charge in [0.05, 0.1) is 12.8 Å². The summed E-state index contributed by atoms with van der Waals surface area (Å²) in [6.07, 6.45) is 1.71. The molecular weight excluding hydrogens is 190 g/mol. The van der Waals surface area contributed by atoms with Crippen molar-refractivity contribution in [3.05, 3.63) is 35.9 Å². The molecule has 3 heteroatoms. The SMILES string of the molecule is COC(=O)N1CC=C(C)c2ccccc21. The molecule has 78 valence electrons. The second-order valence-electron chi connectivity index (χ2n) is 3.48. The number of hydrogen-bond acceptors (Lipinski definition) is 2. The van der Waals surface area contributed by atoms with E-state index in [1.807, 2.05) is 37.3 Å². The molecule has 0 unspecified atom stereocenters. The molecule has 2 rings (SSSR count). The van der Waals surface area contributed by atoms with Gasteiger partial charge >= 0.3 is 6.09 Å². The van der Waals surface area contributed by atoms with Crippen LogP contribution in [0.1, 0.15) is 12.5 Å². The summed E-state index contributed by atoms with van der Waals surface area (Å²) in [5, 5.41) is 0. The number of rotatable bonds is 0. The lowest BCUT2D eigenvalue weighted by Crippen LogP contribution is -2.33. The van der Waals surface area contributed by atoms with Crippen molar-refractivity contribution < 1.29 is 9.53 Å². The maximum absolute atomic E-state index is 11.5. The number of para-hydroxylation sites is 1. The third kappa shape index (κ3) is 1.61. The van der Waals surface area contributed by atoms with Crippen LogP contribution in [0.5, 0.6) is 0 Å². The van der Waals surface area contributed by atoms with Gasteiger partial charge in [0.25, 0.3) is 0 Å². The average Bonchev–Trinajstić information content (AvgIpc) is 2.29. The van der Waals surface area contributed by atoms with Crippen molar-refractivity contribution in [3.8, 4) is 0 Å². The zero-order chi connectivity index (χ0) is 10.8. The molecule has 0 N–H and O–H groups in total. The van der Waals surface area contributed by atoms with Gasteiger partial charge in [-0.05, 0) is 18.6 Å². The lowest BCUT2D eigenvalue weighted by atomic mass is 10.0. The monoisotopic (exact) mass is 203 g/mol. The molecule has 0 fully saturated rings. The summed E-state index contributed by atoms with van der Waals surface area (Å²) in [7, 11) is 1.40. The first-order valence-electron chi connectivity index (χ1n) is 4.85. The molecule has 0 saturated carbocycles. The van der Waals surface area contributed by atoms with Gasteiger partial charge in [0.15, 0.2) is 0 Å². The number of anilines is 1. The van der Waals surface area contributed by atoms with Gasteiger partial charge in [-0.3, -0.25) is 4.90 Å². The maximum Gasteiger partial charge on any atom is 0.414 e. The Labute approximate surface area is 89.0 Å². The summed E-state index contributed by atoms with van der Waals surface area (Å²) in [6, 6.07) is 7.84. The molecule has 0 saturated heterocycles. The minimum Gasteiger partial charge on any atom is -0.452 e. The number of nitrogens with zero attached hydrogens (tertiary/aromatic N) is 1. The first kappa shape index (κ1) is 9.77. The maximum atomic E-state index is 11.5. The summed E-state index contributed by atoms with van der Waals surface area (Å²) >= 11 is 0. The van der Waals surface area contributed by atoms with E-state index < -0.39 is 0 Å². The minimum absolute atomic E-state index is 0.314.